The Balaban J connectivity index is 2.42. The molecule has 0 saturated heterocycles. The fourth-order valence-corrected chi connectivity index (χ4v) is 1.79. The molecule has 2 nitrogen and oxygen atoms in total. The molecule has 0 spiro atoms. The molecule has 1 heterocycles. The molecular formula is C12H8BrFO2. The maximum Gasteiger partial charge on any atom is 0.196 e. The van der Waals surface area contributed by atoms with Crippen LogP contribution >= 0.6 is 15.9 Å². The summed E-state index contributed by atoms with van der Waals surface area (Å²) in [5.74, 6) is -0.00198. The Bertz CT molecular complexity index is 546. The SMILES string of the molecule is Cc1occc1C(=O)c1ccc(F)c(Br)c1. The molecule has 0 N–H and O–H groups in total. The molecule has 0 saturated carbocycles. The zero-order valence-electron chi connectivity index (χ0n) is 8.46. The van der Waals surface area contributed by atoms with E-state index in [1.165, 1.54) is 24.5 Å². The average Bonchev–Trinajstić information content (AvgIpc) is 2.67. The van der Waals surface area contributed by atoms with Gasteiger partial charge in [-0.3, -0.25) is 4.79 Å². The molecule has 0 amide bonds. The van der Waals surface area contributed by atoms with Gasteiger partial charge in [-0.2, -0.15) is 0 Å². The van der Waals surface area contributed by atoms with E-state index in [0.29, 0.717) is 16.9 Å². The molecule has 82 valence electrons. The Kier molecular flexibility index (Phi) is 2.92. The first kappa shape index (κ1) is 11.1. The van der Waals surface area contributed by atoms with E-state index in [2.05, 4.69) is 15.9 Å². The highest BCUT2D eigenvalue weighted by Gasteiger charge is 2.14. The van der Waals surface area contributed by atoms with Crippen LogP contribution in [0.2, 0.25) is 0 Å². The van der Waals surface area contributed by atoms with Gasteiger partial charge in [0.2, 0.25) is 0 Å². The quantitative estimate of drug-likeness (QED) is 0.786. The minimum Gasteiger partial charge on any atom is -0.469 e. The molecule has 2 rings (SSSR count). The molecule has 1 aromatic carbocycles. The summed E-state index contributed by atoms with van der Waals surface area (Å²) in [5, 5.41) is 0. The van der Waals surface area contributed by atoms with Crippen molar-refractivity contribution in [1.82, 2.24) is 0 Å². The molecular weight excluding hydrogens is 275 g/mol. The van der Waals surface area contributed by atoms with E-state index in [1.807, 2.05) is 0 Å². The number of aryl methyl sites for hydroxylation is 1. The Morgan fingerprint density at radius 1 is 1.38 bits per heavy atom. The Hall–Kier alpha value is -1.42. The van der Waals surface area contributed by atoms with Crippen LogP contribution in [0, 0.1) is 12.7 Å². The van der Waals surface area contributed by atoms with Gasteiger partial charge in [0.25, 0.3) is 0 Å². The lowest BCUT2D eigenvalue weighted by Crippen LogP contribution is -2.01. The van der Waals surface area contributed by atoms with E-state index in [1.54, 1.807) is 13.0 Å². The van der Waals surface area contributed by atoms with Crippen molar-refractivity contribution >= 4 is 21.7 Å². The van der Waals surface area contributed by atoms with Gasteiger partial charge in [0.1, 0.15) is 11.6 Å². The van der Waals surface area contributed by atoms with Gasteiger partial charge in [-0.05, 0) is 47.1 Å². The predicted molar refractivity (Wildman–Crippen MR) is 61.0 cm³/mol. The van der Waals surface area contributed by atoms with Crippen LogP contribution in [0.4, 0.5) is 4.39 Å². The van der Waals surface area contributed by atoms with Gasteiger partial charge in [-0.1, -0.05) is 0 Å². The molecule has 4 heteroatoms. The highest BCUT2D eigenvalue weighted by atomic mass is 79.9. The Labute approximate surface area is 100 Å². The number of benzene rings is 1. The topological polar surface area (TPSA) is 30.2 Å². The van der Waals surface area contributed by atoms with E-state index in [0.717, 1.165) is 0 Å². The highest BCUT2D eigenvalue weighted by Crippen LogP contribution is 2.20. The van der Waals surface area contributed by atoms with Gasteiger partial charge in [-0.25, -0.2) is 4.39 Å². The van der Waals surface area contributed by atoms with E-state index in [-0.39, 0.29) is 16.1 Å². The van der Waals surface area contributed by atoms with Crippen molar-refractivity contribution in [2.45, 2.75) is 6.92 Å². The first-order valence-electron chi connectivity index (χ1n) is 4.63. The van der Waals surface area contributed by atoms with E-state index < -0.39 is 0 Å². The summed E-state index contributed by atoms with van der Waals surface area (Å²) in [7, 11) is 0. The van der Waals surface area contributed by atoms with Crippen LogP contribution in [0.3, 0.4) is 0 Å². The third-order valence-electron chi connectivity index (χ3n) is 2.29. The molecule has 0 aliphatic carbocycles. The molecule has 0 radical (unpaired) electrons. The first-order valence-corrected chi connectivity index (χ1v) is 5.42. The van der Waals surface area contributed by atoms with Crippen molar-refractivity contribution < 1.29 is 13.6 Å². The normalized spacial score (nSPS) is 10.4. The minimum atomic E-state index is -0.388. The largest absolute Gasteiger partial charge is 0.469 e. The number of halogens is 2. The van der Waals surface area contributed by atoms with Crippen LogP contribution in [0.1, 0.15) is 21.7 Å². The summed E-state index contributed by atoms with van der Waals surface area (Å²) in [5.41, 5.74) is 0.927. The summed E-state index contributed by atoms with van der Waals surface area (Å²) in [4.78, 5) is 12.0. The van der Waals surface area contributed by atoms with Crippen molar-refractivity contribution in [3.05, 3.63) is 57.7 Å². The number of furan rings is 1. The Morgan fingerprint density at radius 2 is 2.12 bits per heavy atom. The smallest absolute Gasteiger partial charge is 0.196 e. The summed E-state index contributed by atoms with van der Waals surface area (Å²) in [6.07, 6.45) is 1.46. The molecule has 16 heavy (non-hydrogen) atoms. The lowest BCUT2D eigenvalue weighted by molar-refractivity contribution is 0.103. The second-order valence-electron chi connectivity index (χ2n) is 3.35. The van der Waals surface area contributed by atoms with E-state index in [4.69, 9.17) is 4.42 Å². The number of hydrogen-bond acceptors (Lipinski definition) is 2. The van der Waals surface area contributed by atoms with Gasteiger partial charge >= 0.3 is 0 Å². The van der Waals surface area contributed by atoms with Crippen LogP contribution in [-0.2, 0) is 0 Å². The summed E-state index contributed by atoms with van der Waals surface area (Å²) in [6.45, 7) is 1.71. The molecule has 0 bridgehead atoms. The summed E-state index contributed by atoms with van der Waals surface area (Å²) < 4.78 is 18.3. The monoisotopic (exact) mass is 282 g/mol. The number of carbonyl (C=O) groups excluding carboxylic acids is 1. The maximum absolute atomic E-state index is 13.0. The van der Waals surface area contributed by atoms with Gasteiger partial charge < -0.3 is 4.42 Å². The molecule has 0 atom stereocenters. The number of ketones is 1. The van der Waals surface area contributed by atoms with Crippen molar-refractivity contribution in [3.8, 4) is 0 Å². The molecule has 0 unspecified atom stereocenters. The fraction of sp³-hybridized carbons (Fsp3) is 0.0833. The Morgan fingerprint density at radius 3 is 2.69 bits per heavy atom. The lowest BCUT2D eigenvalue weighted by atomic mass is 10.0. The standard InChI is InChI=1S/C12H8BrFO2/c1-7-9(4-5-16-7)12(15)8-2-3-11(14)10(13)6-8/h2-6H,1H3. The second-order valence-corrected chi connectivity index (χ2v) is 4.20. The van der Waals surface area contributed by atoms with Gasteiger partial charge in [0, 0.05) is 5.56 Å². The van der Waals surface area contributed by atoms with Crippen LogP contribution in [0.5, 0.6) is 0 Å². The van der Waals surface area contributed by atoms with Crippen LogP contribution < -0.4 is 0 Å². The number of rotatable bonds is 2. The van der Waals surface area contributed by atoms with Crippen molar-refractivity contribution in [2.75, 3.05) is 0 Å². The van der Waals surface area contributed by atoms with Crippen LogP contribution in [-0.4, -0.2) is 5.78 Å². The fourth-order valence-electron chi connectivity index (χ4n) is 1.41. The van der Waals surface area contributed by atoms with Gasteiger partial charge in [-0.15, -0.1) is 0 Å². The molecule has 0 aliphatic heterocycles. The van der Waals surface area contributed by atoms with E-state index >= 15 is 0 Å². The van der Waals surface area contributed by atoms with E-state index in [9.17, 15) is 9.18 Å². The van der Waals surface area contributed by atoms with Gasteiger partial charge in [0.15, 0.2) is 5.78 Å². The number of carbonyl (C=O) groups is 1. The summed E-state index contributed by atoms with van der Waals surface area (Å²) >= 11 is 3.05. The minimum absolute atomic E-state index is 0.174. The molecule has 0 fully saturated rings. The van der Waals surface area contributed by atoms with Crippen LogP contribution in [0.25, 0.3) is 0 Å². The maximum atomic E-state index is 13.0. The average molecular weight is 283 g/mol. The molecule has 0 aliphatic rings. The van der Waals surface area contributed by atoms with Crippen molar-refractivity contribution in [1.29, 1.82) is 0 Å². The molecule has 1 aromatic heterocycles. The van der Waals surface area contributed by atoms with Crippen molar-refractivity contribution in [3.63, 3.8) is 0 Å². The summed E-state index contributed by atoms with van der Waals surface area (Å²) in [6, 6.07) is 5.78. The highest BCUT2D eigenvalue weighted by molar-refractivity contribution is 9.10. The second kappa shape index (κ2) is 4.22. The zero-order valence-corrected chi connectivity index (χ0v) is 10.0. The zero-order chi connectivity index (χ0) is 11.7. The first-order chi connectivity index (χ1) is 7.59. The number of hydrogen-bond donors (Lipinski definition) is 0. The lowest BCUT2D eigenvalue weighted by Gasteiger charge is -2.01. The molecule has 2 aromatic rings. The third kappa shape index (κ3) is 1.93. The van der Waals surface area contributed by atoms with Crippen molar-refractivity contribution in [2.24, 2.45) is 0 Å². The predicted octanol–water partition coefficient (Wildman–Crippen LogP) is 3.72. The third-order valence-corrected chi connectivity index (χ3v) is 2.89. The van der Waals surface area contributed by atoms with Crippen LogP contribution in [0.15, 0.2) is 39.4 Å². The van der Waals surface area contributed by atoms with Gasteiger partial charge in [0.05, 0.1) is 16.3 Å².